The molecule has 2 unspecified atom stereocenters. The van der Waals surface area contributed by atoms with Crippen LogP contribution in [0.3, 0.4) is 0 Å². The van der Waals surface area contributed by atoms with Crippen molar-refractivity contribution in [3.63, 3.8) is 0 Å². The van der Waals surface area contributed by atoms with Gasteiger partial charge in [-0.15, -0.1) is 0 Å². The number of piperidine rings is 1. The number of carboxylic acid groups (broad SMARTS) is 1. The van der Waals surface area contributed by atoms with Crippen LogP contribution in [0.2, 0.25) is 0 Å². The molecule has 0 aliphatic carbocycles. The Labute approximate surface area is 184 Å². The van der Waals surface area contributed by atoms with Crippen LogP contribution in [0, 0.1) is 5.92 Å². The third-order valence-electron chi connectivity index (χ3n) is 5.92. The van der Waals surface area contributed by atoms with E-state index in [2.05, 4.69) is 34.1 Å². The quantitative estimate of drug-likeness (QED) is 0.688. The van der Waals surface area contributed by atoms with E-state index in [1.54, 1.807) is 21.3 Å². The first-order valence-corrected chi connectivity index (χ1v) is 10.4. The summed E-state index contributed by atoms with van der Waals surface area (Å²) in [5.41, 5.74) is 3.09. The summed E-state index contributed by atoms with van der Waals surface area (Å²) in [7, 11) is 8.81. The zero-order valence-corrected chi connectivity index (χ0v) is 18.9. The lowest BCUT2D eigenvalue weighted by atomic mass is 9.90. The SMILES string of the molecule is COc1ccc(C(c2ccc(N(C)C)cc2)N2CCCC(C(=O)O)C2)c(OC)c1OC. The third kappa shape index (κ3) is 4.71. The largest absolute Gasteiger partial charge is 0.493 e. The van der Waals surface area contributed by atoms with Crippen molar-refractivity contribution >= 4 is 11.7 Å². The molecule has 0 spiro atoms. The van der Waals surface area contributed by atoms with Crippen LogP contribution in [0.5, 0.6) is 17.2 Å². The van der Waals surface area contributed by atoms with Gasteiger partial charge < -0.3 is 24.2 Å². The highest BCUT2D eigenvalue weighted by molar-refractivity contribution is 5.70. The molecule has 1 N–H and O–H groups in total. The van der Waals surface area contributed by atoms with Gasteiger partial charge in [-0.05, 0) is 49.2 Å². The van der Waals surface area contributed by atoms with Gasteiger partial charge in [0.2, 0.25) is 5.75 Å². The summed E-state index contributed by atoms with van der Waals surface area (Å²) in [6.45, 7) is 1.29. The number of carboxylic acids is 1. The first kappa shape index (κ1) is 22.7. The van der Waals surface area contributed by atoms with Gasteiger partial charge in [0.25, 0.3) is 0 Å². The standard InChI is InChI=1S/C24H32N2O5/c1-25(2)18-10-8-16(9-11-18)21(26-14-6-7-17(15-26)24(27)28)19-12-13-20(29-3)23(31-5)22(19)30-4/h8-13,17,21H,6-7,14-15H2,1-5H3,(H,27,28). The van der Waals surface area contributed by atoms with Gasteiger partial charge in [0.05, 0.1) is 33.3 Å². The Kier molecular flexibility index (Phi) is 7.28. The second kappa shape index (κ2) is 9.92. The van der Waals surface area contributed by atoms with Crippen LogP contribution in [0.25, 0.3) is 0 Å². The maximum atomic E-state index is 11.7. The van der Waals surface area contributed by atoms with Crippen molar-refractivity contribution in [3.05, 3.63) is 47.5 Å². The normalized spacial score (nSPS) is 17.6. The van der Waals surface area contributed by atoms with Crippen LogP contribution < -0.4 is 19.1 Å². The van der Waals surface area contributed by atoms with E-state index < -0.39 is 5.97 Å². The van der Waals surface area contributed by atoms with Gasteiger partial charge in [-0.1, -0.05) is 12.1 Å². The van der Waals surface area contributed by atoms with Crippen molar-refractivity contribution in [3.8, 4) is 17.2 Å². The molecule has 0 radical (unpaired) electrons. The molecule has 2 atom stereocenters. The highest BCUT2D eigenvalue weighted by atomic mass is 16.5. The summed E-state index contributed by atoms with van der Waals surface area (Å²) in [6.07, 6.45) is 1.53. The topological polar surface area (TPSA) is 71.5 Å². The molecular weight excluding hydrogens is 396 g/mol. The zero-order valence-electron chi connectivity index (χ0n) is 18.9. The van der Waals surface area contributed by atoms with E-state index in [4.69, 9.17) is 14.2 Å². The third-order valence-corrected chi connectivity index (χ3v) is 5.92. The van der Waals surface area contributed by atoms with Crippen LogP contribution in [0.4, 0.5) is 5.69 Å². The number of hydrogen-bond acceptors (Lipinski definition) is 6. The molecule has 0 saturated carbocycles. The van der Waals surface area contributed by atoms with Crippen LogP contribution >= 0.6 is 0 Å². The minimum atomic E-state index is -0.745. The highest BCUT2D eigenvalue weighted by Crippen LogP contribution is 2.46. The van der Waals surface area contributed by atoms with Crippen molar-refractivity contribution in [2.24, 2.45) is 5.92 Å². The van der Waals surface area contributed by atoms with E-state index in [-0.39, 0.29) is 12.0 Å². The summed E-state index contributed by atoms with van der Waals surface area (Å²) in [4.78, 5) is 16.0. The van der Waals surface area contributed by atoms with Crippen molar-refractivity contribution in [1.29, 1.82) is 0 Å². The van der Waals surface area contributed by atoms with Crippen LogP contribution in [-0.4, -0.2) is 64.5 Å². The van der Waals surface area contributed by atoms with Gasteiger partial charge in [0, 0.05) is 31.9 Å². The molecule has 3 rings (SSSR count). The lowest BCUT2D eigenvalue weighted by Gasteiger charge is -2.38. The number of carbonyl (C=O) groups is 1. The summed E-state index contributed by atoms with van der Waals surface area (Å²) in [5, 5.41) is 9.63. The fourth-order valence-corrected chi connectivity index (χ4v) is 4.32. The number of likely N-dealkylation sites (tertiary alicyclic amines) is 1. The number of hydrogen-bond donors (Lipinski definition) is 1. The smallest absolute Gasteiger partial charge is 0.307 e. The summed E-state index contributed by atoms with van der Waals surface area (Å²) < 4.78 is 16.8. The van der Waals surface area contributed by atoms with E-state index >= 15 is 0 Å². The zero-order chi connectivity index (χ0) is 22.5. The molecule has 0 bridgehead atoms. The predicted octanol–water partition coefficient (Wildman–Crippen LogP) is 3.66. The Hall–Kier alpha value is -2.93. The van der Waals surface area contributed by atoms with E-state index in [9.17, 15) is 9.90 Å². The van der Waals surface area contributed by atoms with Gasteiger partial charge in [0.15, 0.2) is 11.5 Å². The highest BCUT2D eigenvalue weighted by Gasteiger charge is 2.34. The fourth-order valence-electron chi connectivity index (χ4n) is 4.32. The van der Waals surface area contributed by atoms with E-state index in [1.807, 2.05) is 26.2 Å². The number of rotatable bonds is 8. The average Bonchev–Trinajstić information content (AvgIpc) is 2.79. The number of methoxy groups -OCH3 is 3. The molecule has 0 amide bonds. The molecule has 0 aromatic heterocycles. The maximum absolute atomic E-state index is 11.7. The fraction of sp³-hybridized carbons (Fsp3) is 0.458. The van der Waals surface area contributed by atoms with Gasteiger partial charge >= 0.3 is 5.97 Å². The van der Waals surface area contributed by atoms with Crippen LogP contribution in [0.15, 0.2) is 36.4 Å². The Bertz CT molecular complexity index is 898. The molecule has 7 nitrogen and oxygen atoms in total. The summed E-state index contributed by atoms with van der Waals surface area (Å²) in [6, 6.07) is 12.0. The van der Waals surface area contributed by atoms with Crippen molar-refractivity contribution in [1.82, 2.24) is 4.90 Å². The molecule has 7 heteroatoms. The maximum Gasteiger partial charge on any atom is 0.307 e. The van der Waals surface area contributed by atoms with Crippen molar-refractivity contribution in [2.75, 3.05) is 53.4 Å². The lowest BCUT2D eigenvalue weighted by molar-refractivity contribution is -0.143. The minimum absolute atomic E-state index is 0.173. The number of aliphatic carboxylic acids is 1. The molecule has 2 aromatic rings. The van der Waals surface area contributed by atoms with Gasteiger partial charge in [0.1, 0.15) is 0 Å². The Morgan fingerprint density at radius 3 is 2.26 bits per heavy atom. The van der Waals surface area contributed by atoms with Gasteiger partial charge in [-0.25, -0.2) is 0 Å². The minimum Gasteiger partial charge on any atom is -0.493 e. The van der Waals surface area contributed by atoms with Crippen LogP contribution in [-0.2, 0) is 4.79 Å². The molecule has 1 heterocycles. The molecule has 1 fully saturated rings. The first-order valence-electron chi connectivity index (χ1n) is 10.4. The lowest BCUT2D eigenvalue weighted by Crippen LogP contribution is -2.41. The van der Waals surface area contributed by atoms with Gasteiger partial charge in [-0.3, -0.25) is 9.69 Å². The van der Waals surface area contributed by atoms with Crippen molar-refractivity contribution < 1.29 is 24.1 Å². The number of ether oxygens (including phenoxy) is 3. The molecular formula is C24H32N2O5. The Morgan fingerprint density at radius 1 is 1.03 bits per heavy atom. The van der Waals surface area contributed by atoms with Crippen LogP contribution in [0.1, 0.15) is 30.0 Å². The number of nitrogens with zero attached hydrogens (tertiary/aromatic N) is 2. The predicted molar refractivity (Wildman–Crippen MR) is 121 cm³/mol. The molecule has 1 saturated heterocycles. The number of anilines is 1. The monoisotopic (exact) mass is 428 g/mol. The van der Waals surface area contributed by atoms with E-state index in [0.717, 1.165) is 29.8 Å². The Balaban J connectivity index is 2.13. The van der Waals surface area contributed by atoms with Crippen molar-refractivity contribution in [2.45, 2.75) is 18.9 Å². The van der Waals surface area contributed by atoms with Gasteiger partial charge in [-0.2, -0.15) is 0 Å². The first-order chi connectivity index (χ1) is 14.9. The summed E-state index contributed by atoms with van der Waals surface area (Å²) >= 11 is 0. The number of benzene rings is 2. The molecule has 168 valence electrons. The molecule has 2 aromatic carbocycles. The summed E-state index contributed by atoms with van der Waals surface area (Å²) in [5.74, 6) is 0.589. The second-order valence-electron chi connectivity index (χ2n) is 7.98. The second-order valence-corrected chi connectivity index (χ2v) is 7.98. The van der Waals surface area contributed by atoms with E-state index in [0.29, 0.717) is 30.2 Å². The molecule has 1 aliphatic heterocycles. The molecule has 1 aliphatic rings. The molecule has 31 heavy (non-hydrogen) atoms. The average molecular weight is 429 g/mol. The van der Waals surface area contributed by atoms with E-state index in [1.165, 1.54) is 0 Å². The Morgan fingerprint density at radius 2 is 1.71 bits per heavy atom.